The van der Waals surface area contributed by atoms with Crippen molar-refractivity contribution >= 4 is 11.8 Å². The van der Waals surface area contributed by atoms with Crippen molar-refractivity contribution in [3.63, 3.8) is 0 Å². The molecule has 2 aromatic carbocycles. The first kappa shape index (κ1) is 19.0. The minimum atomic E-state index is -0.661. The van der Waals surface area contributed by atoms with Gasteiger partial charge in [0.1, 0.15) is 12.1 Å². The lowest BCUT2D eigenvalue weighted by Crippen LogP contribution is -2.15. The highest BCUT2D eigenvalue weighted by Gasteiger charge is 2.23. The number of nitrogens with zero attached hydrogens (tertiary/aromatic N) is 3. The van der Waals surface area contributed by atoms with Gasteiger partial charge in [0.15, 0.2) is 11.5 Å². The molecular formula is C21H16FN3O3. The van der Waals surface area contributed by atoms with Crippen LogP contribution in [-0.2, 0) is 11.2 Å². The molecule has 3 aromatic rings. The summed E-state index contributed by atoms with van der Waals surface area (Å²) >= 11 is 0. The zero-order valence-electron chi connectivity index (χ0n) is 15.1. The Hall–Kier alpha value is -3.79. The Kier molecular flexibility index (Phi) is 5.61. The van der Waals surface area contributed by atoms with Crippen LogP contribution in [0.1, 0.15) is 39.0 Å². The average molecular weight is 377 g/mol. The standard InChI is InChI=1S/C21H16FN3O3/c1-2-28-21(27)20-18(11-19(26)16-5-3-4-6-17(16)22)25(13-24-20)15-9-7-14(12-23)8-10-15/h3-10,13H,2,11H2,1H3. The van der Waals surface area contributed by atoms with E-state index >= 15 is 0 Å². The fourth-order valence-electron chi connectivity index (χ4n) is 2.77. The minimum absolute atomic E-state index is 0.00380. The van der Waals surface area contributed by atoms with Crippen LogP contribution in [0.25, 0.3) is 5.69 Å². The van der Waals surface area contributed by atoms with Crippen molar-refractivity contribution in [2.45, 2.75) is 13.3 Å². The van der Waals surface area contributed by atoms with Gasteiger partial charge in [0.25, 0.3) is 0 Å². The molecule has 0 bridgehead atoms. The third-order valence-electron chi connectivity index (χ3n) is 4.11. The summed E-state index contributed by atoms with van der Waals surface area (Å²) in [7, 11) is 0. The van der Waals surface area contributed by atoms with E-state index in [1.807, 2.05) is 6.07 Å². The Morgan fingerprint density at radius 2 is 1.89 bits per heavy atom. The smallest absolute Gasteiger partial charge is 0.358 e. The van der Waals surface area contributed by atoms with Gasteiger partial charge in [0, 0.05) is 5.69 Å². The molecule has 0 fully saturated rings. The maximum absolute atomic E-state index is 14.0. The molecule has 1 heterocycles. The van der Waals surface area contributed by atoms with Crippen molar-refractivity contribution in [3.05, 3.63) is 83.2 Å². The van der Waals surface area contributed by atoms with Crippen LogP contribution in [0.15, 0.2) is 54.9 Å². The number of esters is 1. The lowest BCUT2D eigenvalue weighted by Gasteiger charge is -2.10. The minimum Gasteiger partial charge on any atom is -0.461 e. The highest BCUT2D eigenvalue weighted by molar-refractivity contribution is 5.99. The van der Waals surface area contributed by atoms with Gasteiger partial charge in [-0.1, -0.05) is 12.1 Å². The second-order valence-electron chi connectivity index (χ2n) is 5.87. The molecule has 0 radical (unpaired) electrons. The summed E-state index contributed by atoms with van der Waals surface area (Å²) in [6, 6.07) is 14.3. The Morgan fingerprint density at radius 3 is 2.54 bits per heavy atom. The highest BCUT2D eigenvalue weighted by atomic mass is 19.1. The van der Waals surface area contributed by atoms with Crippen molar-refractivity contribution in [3.8, 4) is 11.8 Å². The Labute approximate surface area is 160 Å². The van der Waals surface area contributed by atoms with Gasteiger partial charge in [-0.15, -0.1) is 0 Å². The van der Waals surface area contributed by atoms with Crippen LogP contribution < -0.4 is 0 Å². The number of rotatable bonds is 6. The van der Waals surface area contributed by atoms with Crippen LogP contribution in [0.4, 0.5) is 4.39 Å². The second-order valence-corrected chi connectivity index (χ2v) is 5.87. The summed E-state index contributed by atoms with van der Waals surface area (Å²) in [6.45, 7) is 1.82. The number of aromatic nitrogens is 2. The van der Waals surface area contributed by atoms with Crippen molar-refractivity contribution in [2.75, 3.05) is 6.61 Å². The molecule has 0 unspecified atom stereocenters. The summed E-state index contributed by atoms with van der Waals surface area (Å²) in [5, 5.41) is 8.95. The molecule has 0 amide bonds. The third kappa shape index (κ3) is 3.81. The maximum atomic E-state index is 14.0. The van der Waals surface area contributed by atoms with E-state index in [2.05, 4.69) is 4.98 Å². The van der Waals surface area contributed by atoms with Crippen LogP contribution in [0.2, 0.25) is 0 Å². The first-order valence-corrected chi connectivity index (χ1v) is 8.56. The number of Topliss-reactive ketones (excluding diaryl/α,β-unsaturated/α-hetero) is 1. The normalized spacial score (nSPS) is 10.3. The quantitative estimate of drug-likeness (QED) is 0.485. The van der Waals surface area contributed by atoms with Crippen molar-refractivity contribution in [1.82, 2.24) is 9.55 Å². The van der Waals surface area contributed by atoms with Crippen LogP contribution in [0.5, 0.6) is 0 Å². The number of ether oxygens (including phenoxy) is 1. The van der Waals surface area contributed by atoms with E-state index in [1.54, 1.807) is 41.8 Å². The fourth-order valence-corrected chi connectivity index (χ4v) is 2.77. The predicted molar refractivity (Wildman–Crippen MR) is 98.7 cm³/mol. The molecule has 1 aromatic heterocycles. The molecule has 0 spiro atoms. The third-order valence-corrected chi connectivity index (χ3v) is 4.11. The average Bonchev–Trinajstić information content (AvgIpc) is 3.12. The summed E-state index contributed by atoms with van der Waals surface area (Å²) < 4.78 is 20.6. The number of carbonyl (C=O) groups is 2. The van der Waals surface area contributed by atoms with Gasteiger partial charge in [-0.3, -0.25) is 4.79 Å². The van der Waals surface area contributed by atoms with E-state index in [-0.39, 0.29) is 30.0 Å². The van der Waals surface area contributed by atoms with E-state index in [9.17, 15) is 14.0 Å². The SMILES string of the molecule is CCOC(=O)c1ncn(-c2ccc(C#N)cc2)c1CC(=O)c1ccccc1F. The molecule has 0 aliphatic rings. The van der Waals surface area contributed by atoms with E-state index in [1.165, 1.54) is 24.5 Å². The molecule has 0 aliphatic carbocycles. The number of halogens is 1. The molecule has 0 atom stereocenters. The molecule has 3 rings (SSSR count). The molecule has 0 N–H and O–H groups in total. The summed E-state index contributed by atoms with van der Waals surface area (Å²) in [4.78, 5) is 29.0. The van der Waals surface area contributed by atoms with Crippen molar-refractivity contribution < 1.29 is 18.7 Å². The van der Waals surface area contributed by atoms with Gasteiger partial charge in [-0.25, -0.2) is 14.2 Å². The van der Waals surface area contributed by atoms with Gasteiger partial charge < -0.3 is 9.30 Å². The number of hydrogen-bond donors (Lipinski definition) is 0. The number of imidazole rings is 1. The van der Waals surface area contributed by atoms with E-state index < -0.39 is 17.6 Å². The van der Waals surface area contributed by atoms with E-state index in [0.717, 1.165) is 0 Å². The van der Waals surface area contributed by atoms with Gasteiger partial charge in [-0.2, -0.15) is 5.26 Å². The van der Waals surface area contributed by atoms with Crippen LogP contribution in [0, 0.1) is 17.1 Å². The molecular weight excluding hydrogens is 361 g/mol. The lowest BCUT2D eigenvalue weighted by molar-refractivity contribution is 0.0519. The van der Waals surface area contributed by atoms with Crippen LogP contribution in [0.3, 0.4) is 0 Å². The Bertz CT molecular complexity index is 1070. The lowest BCUT2D eigenvalue weighted by atomic mass is 10.0. The second kappa shape index (κ2) is 8.27. The van der Waals surface area contributed by atoms with Gasteiger partial charge in [0.2, 0.25) is 0 Å². The number of hydrogen-bond acceptors (Lipinski definition) is 5. The first-order valence-electron chi connectivity index (χ1n) is 8.56. The van der Waals surface area contributed by atoms with Gasteiger partial charge in [0.05, 0.1) is 35.9 Å². The number of ketones is 1. The zero-order valence-corrected chi connectivity index (χ0v) is 15.1. The molecule has 6 nitrogen and oxygen atoms in total. The molecule has 0 aliphatic heterocycles. The van der Waals surface area contributed by atoms with E-state index in [0.29, 0.717) is 11.3 Å². The number of carbonyl (C=O) groups excluding carboxylic acids is 2. The maximum Gasteiger partial charge on any atom is 0.358 e. The highest BCUT2D eigenvalue weighted by Crippen LogP contribution is 2.20. The molecule has 0 saturated heterocycles. The predicted octanol–water partition coefficient (Wildman–Crippen LogP) is 3.49. The molecule has 7 heteroatoms. The number of nitriles is 1. The Balaban J connectivity index is 2.04. The van der Waals surface area contributed by atoms with Gasteiger partial charge in [-0.05, 0) is 43.3 Å². The van der Waals surface area contributed by atoms with Crippen LogP contribution >= 0.6 is 0 Å². The topological polar surface area (TPSA) is 85.0 Å². The van der Waals surface area contributed by atoms with Crippen LogP contribution in [-0.4, -0.2) is 27.9 Å². The summed E-state index contributed by atoms with van der Waals surface area (Å²) in [5.74, 6) is -1.78. The van der Waals surface area contributed by atoms with Crippen molar-refractivity contribution in [1.29, 1.82) is 5.26 Å². The summed E-state index contributed by atoms with van der Waals surface area (Å²) in [5.41, 5.74) is 1.30. The Morgan fingerprint density at radius 1 is 1.18 bits per heavy atom. The van der Waals surface area contributed by atoms with Gasteiger partial charge >= 0.3 is 5.97 Å². The first-order chi connectivity index (χ1) is 13.5. The monoisotopic (exact) mass is 377 g/mol. The molecule has 28 heavy (non-hydrogen) atoms. The molecule has 140 valence electrons. The van der Waals surface area contributed by atoms with E-state index in [4.69, 9.17) is 10.00 Å². The van der Waals surface area contributed by atoms with Crippen molar-refractivity contribution in [2.24, 2.45) is 0 Å². The summed E-state index contributed by atoms with van der Waals surface area (Å²) in [6.07, 6.45) is 1.16. The zero-order chi connectivity index (χ0) is 20.1. The largest absolute Gasteiger partial charge is 0.461 e. The number of benzene rings is 2. The fraction of sp³-hybridized carbons (Fsp3) is 0.143. The molecule has 0 saturated carbocycles.